The third-order valence-corrected chi connectivity index (χ3v) is 10.1. The summed E-state index contributed by atoms with van der Waals surface area (Å²) in [5.41, 5.74) is 1.18. The van der Waals surface area contributed by atoms with E-state index in [0.717, 1.165) is 32.2 Å². The molecule has 10 nitrogen and oxygen atoms in total. The number of piperazine rings is 1. The Morgan fingerprint density at radius 2 is 1.74 bits per heavy atom. The third-order valence-electron chi connectivity index (χ3n) is 10.1. The molecule has 2 fully saturated rings. The summed E-state index contributed by atoms with van der Waals surface area (Å²) in [5, 5.41) is 10.0. The van der Waals surface area contributed by atoms with Crippen molar-refractivity contribution in [2.45, 2.75) is 104 Å². The lowest BCUT2D eigenvalue weighted by Crippen LogP contribution is -2.58. The Bertz CT molecular complexity index is 1390. The monoisotopic (exact) mass is 638 g/mol. The smallest absolute Gasteiger partial charge is 0.270 e. The fourth-order valence-corrected chi connectivity index (χ4v) is 6.67. The van der Waals surface area contributed by atoms with Crippen molar-refractivity contribution in [2.24, 2.45) is 11.8 Å². The van der Waals surface area contributed by atoms with E-state index in [2.05, 4.69) is 34.5 Å². The second-order valence-corrected chi connectivity index (χ2v) is 13.3. The Hall–Kier alpha value is -3.60. The highest BCUT2D eigenvalue weighted by Gasteiger charge is 2.36. The minimum Gasteiger partial charge on any atom is -0.344 e. The number of nitrogens with zero attached hydrogens (tertiary/aromatic N) is 4. The van der Waals surface area contributed by atoms with Crippen molar-refractivity contribution in [1.29, 1.82) is 0 Å². The number of carbonyl (C=O) groups is 4. The van der Waals surface area contributed by atoms with Crippen molar-refractivity contribution in [3.8, 4) is 0 Å². The second-order valence-electron chi connectivity index (χ2n) is 13.3. The number of carbonyl (C=O) groups excluding carboxylic acids is 4. The number of ketones is 1. The average Bonchev–Trinajstić information content (AvgIpc) is 3.53. The lowest BCUT2D eigenvalue weighted by Gasteiger charge is -2.40. The zero-order valence-electron chi connectivity index (χ0n) is 28.2. The fraction of sp³-hybridized carbons (Fsp3) is 0.629. The molecule has 3 amide bonds. The molecule has 252 valence electrons. The first-order valence-electron chi connectivity index (χ1n) is 16.8. The van der Waals surface area contributed by atoms with Gasteiger partial charge in [0.15, 0.2) is 5.78 Å². The van der Waals surface area contributed by atoms with E-state index in [-0.39, 0.29) is 53.9 Å². The first-order chi connectivity index (χ1) is 21.9. The van der Waals surface area contributed by atoms with Crippen LogP contribution in [0.2, 0.25) is 0 Å². The van der Waals surface area contributed by atoms with E-state index < -0.39 is 23.8 Å². The molecule has 0 bridgehead atoms. The predicted octanol–water partition coefficient (Wildman–Crippen LogP) is 3.94. The van der Waals surface area contributed by atoms with Crippen LogP contribution < -0.4 is 10.6 Å². The molecule has 0 unspecified atom stereocenters. The summed E-state index contributed by atoms with van der Waals surface area (Å²) in [6.07, 6.45) is 5.19. The number of nitrogens with one attached hydrogen (secondary N) is 2. The number of rotatable bonds is 12. The number of benzene rings is 1. The zero-order valence-corrected chi connectivity index (χ0v) is 28.2. The minimum absolute atomic E-state index is 0.0285. The van der Waals surface area contributed by atoms with Crippen molar-refractivity contribution in [3.63, 3.8) is 0 Å². The first-order valence-corrected chi connectivity index (χ1v) is 16.8. The number of likely N-dealkylation sites (N-methyl/N-ethyl adjacent to an activating group) is 1. The fourth-order valence-electron chi connectivity index (χ4n) is 6.67. The van der Waals surface area contributed by atoms with E-state index in [1.54, 1.807) is 40.9 Å². The summed E-state index contributed by atoms with van der Waals surface area (Å²) >= 11 is 0. The Balaban J connectivity index is 1.52. The Morgan fingerprint density at radius 1 is 1.02 bits per heavy atom. The van der Waals surface area contributed by atoms with E-state index in [1.165, 1.54) is 6.07 Å². The van der Waals surface area contributed by atoms with Crippen LogP contribution in [0, 0.1) is 17.7 Å². The number of Topliss-reactive ketones (excluding diaryl/α,β-unsaturated/α-hetero) is 1. The summed E-state index contributed by atoms with van der Waals surface area (Å²) in [5.74, 6) is -1.54. The quantitative estimate of drug-likeness (QED) is 0.364. The van der Waals surface area contributed by atoms with Crippen LogP contribution in [0.5, 0.6) is 0 Å². The molecular formula is C35H51FN6O4. The van der Waals surface area contributed by atoms with Gasteiger partial charge in [-0.15, -0.1) is 0 Å². The molecule has 4 atom stereocenters. The highest BCUT2D eigenvalue weighted by atomic mass is 19.1. The van der Waals surface area contributed by atoms with Gasteiger partial charge in [0.1, 0.15) is 17.6 Å². The van der Waals surface area contributed by atoms with Gasteiger partial charge in [-0.2, -0.15) is 5.10 Å². The Labute approximate surface area is 272 Å². The molecule has 11 heteroatoms. The first kappa shape index (κ1) is 35.3. The molecule has 2 aromatic rings. The molecule has 1 saturated carbocycles. The van der Waals surface area contributed by atoms with Crippen LogP contribution in [0.15, 0.2) is 30.5 Å². The van der Waals surface area contributed by atoms with E-state index in [1.807, 2.05) is 20.9 Å². The van der Waals surface area contributed by atoms with Gasteiger partial charge < -0.3 is 20.4 Å². The highest BCUT2D eigenvalue weighted by molar-refractivity contribution is 5.97. The normalized spacial score (nSPS) is 22.5. The molecule has 1 aromatic carbocycles. The molecule has 2 aliphatic rings. The van der Waals surface area contributed by atoms with Crippen LogP contribution in [0.1, 0.15) is 94.3 Å². The molecule has 0 radical (unpaired) electrons. The topological polar surface area (TPSA) is 117 Å². The largest absolute Gasteiger partial charge is 0.344 e. The Kier molecular flexibility index (Phi) is 12.1. The Morgan fingerprint density at radius 3 is 2.37 bits per heavy atom. The number of halogens is 1. The van der Waals surface area contributed by atoms with Gasteiger partial charge in [-0.1, -0.05) is 45.7 Å². The van der Waals surface area contributed by atoms with Gasteiger partial charge >= 0.3 is 0 Å². The molecule has 1 aliphatic heterocycles. The summed E-state index contributed by atoms with van der Waals surface area (Å²) in [4.78, 5) is 57.2. The van der Waals surface area contributed by atoms with Crippen LogP contribution in [0.25, 0.3) is 0 Å². The van der Waals surface area contributed by atoms with Crippen molar-refractivity contribution in [3.05, 3.63) is 53.1 Å². The van der Waals surface area contributed by atoms with Gasteiger partial charge in [0.05, 0.1) is 6.04 Å². The zero-order chi connectivity index (χ0) is 33.5. The number of hydrogen-bond acceptors (Lipinski definition) is 6. The summed E-state index contributed by atoms with van der Waals surface area (Å²) in [7, 11) is 2.02. The predicted molar refractivity (Wildman–Crippen MR) is 175 cm³/mol. The van der Waals surface area contributed by atoms with Crippen LogP contribution in [-0.4, -0.2) is 87.9 Å². The second kappa shape index (κ2) is 15.8. The third kappa shape index (κ3) is 8.40. The maximum atomic E-state index is 15.7. The maximum absolute atomic E-state index is 15.7. The minimum atomic E-state index is -0.847. The number of amides is 3. The van der Waals surface area contributed by atoms with E-state index in [0.29, 0.717) is 36.8 Å². The van der Waals surface area contributed by atoms with Crippen molar-refractivity contribution < 1.29 is 23.6 Å². The summed E-state index contributed by atoms with van der Waals surface area (Å²) < 4.78 is 17.3. The van der Waals surface area contributed by atoms with Crippen molar-refractivity contribution in [1.82, 2.24) is 30.2 Å². The molecule has 4 rings (SSSR count). The molecule has 0 spiro atoms. The molecule has 1 saturated heterocycles. The van der Waals surface area contributed by atoms with Gasteiger partial charge in [-0.05, 0) is 68.8 Å². The van der Waals surface area contributed by atoms with Crippen molar-refractivity contribution in [2.75, 3.05) is 26.7 Å². The van der Waals surface area contributed by atoms with Gasteiger partial charge in [0.25, 0.3) is 5.91 Å². The molecule has 2 N–H and O–H groups in total. The van der Waals surface area contributed by atoms with Crippen LogP contribution in [0.4, 0.5) is 4.39 Å². The molecule has 46 heavy (non-hydrogen) atoms. The van der Waals surface area contributed by atoms with Crippen LogP contribution in [0.3, 0.4) is 0 Å². The average molecular weight is 639 g/mol. The number of aryl methyl sites for hydroxylation is 1. The molecule has 1 aromatic heterocycles. The molecule has 1 aliphatic carbocycles. The molecular weight excluding hydrogens is 587 g/mol. The summed E-state index contributed by atoms with van der Waals surface area (Å²) in [6.45, 7) is 12.0. The van der Waals surface area contributed by atoms with Crippen molar-refractivity contribution >= 4 is 23.5 Å². The van der Waals surface area contributed by atoms with Gasteiger partial charge in [0, 0.05) is 57.2 Å². The van der Waals surface area contributed by atoms with Gasteiger partial charge in [-0.25, -0.2) is 4.39 Å². The van der Waals surface area contributed by atoms with E-state index in [9.17, 15) is 19.2 Å². The SMILES string of the molecule is CCC(=O)N[C@@H](C(=O)N1CCN(C)[C@H](C)C1)[C@@H](C)c1ccc(CC(=O)[C@@H](NC(=O)c2ccnn2CC)C2CCC(C)CC2)c(F)c1. The highest BCUT2D eigenvalue weighted by Crippen LogP contribution is 2.32. The lowest BCUT2D eigenvalue weighted by molar-refractivity contribution is -0.139. The van der Waals surface area contributed by atoms with E-state index in [4.69, 9.17) is 0 Å². The van der Waals surface area contributed by atoms with Gasteiger partial charge in [0.2, 0.25) is 11.8 Å². The maximum Gasteiger partial charge on any atom is 0.270 e. The summed E-state index contributed by atoms with van der Waals surface area (Å²) in [6, 6.07) is 4.92. The molecule has 2 heterocycles. The lowest BCUT2D eigenvalue weighted by atomic mass is 9.77. The standard InChI is InChI=1S/C35H51FN6O4/c1-7-31(44)38-32(35(46)41-18-17-40(6)23(4)21-41)24(5)26-13-14-27(28(36)19-26)20-30(43)33(25-11-9-22(3)10-12-25)39-34(45)29-15-16-37-42(29)8-2/h13-16,19,22-25,32-33H,7-12,17-18,20-21H2,1-6H3,(H,38,44)(H,39,45)/t22?,23-,24+,25?,32-,33+/m1/s1. The van der Waals surface area contributed by atoms with Crippen LogP contribution >= 0.6 is 0 Å². The number of hydrogen-bond donors (Lipinski definition) is 2. The van der Waals surface area contributed by atoms with Gasteiger partial charge in [-0.3, -0.25) is 23.9 Å². The van der Waals surface area contributed by atoms with E-state index >= 15 is 4.39 Å². The van der Waals surface area contributed by atoms with Crippen LogP contribution in [-0.2, 0) is 27.3 Å². The number of aromatic nitrogens is 2.